The molecule has 0 spiro atoms. The molecule has 0 bridgehead atoms. The Hall–Kier alpha value is -2.47. The standard InChI is InChI=1S/C19H23NO4S/c1-5-13-20(16-9-7-15(6-2)8-10-16)25(21,22)17-11-12-18(23-3)19(14-17)24-4/h5,7-12,14H,1,6,13H2,2-4H3. The number of benzene rings is 2. The van der Waals surface area contributed by atoms with Crippen LogP contribution in [-0.2, 0) is 16.4 Å². The van der Waals surface area contributed by atoms with Gasteiger partial charge in [-0.15, -0.1) is 6.58 Å². The molecule has 2 aromatic rings. The average molecular weight is 361 g/mol. The van der Waals surface area contributed by atoms with Crippen LogP contribution in [0.1, 0.15) is 12.5 Å². The Labute approximate surface area is 149 Å². The van der Waals surface area contributed by atoms with Gasteiger partial charge < -0.3 is 9.47 Å². The van der Waals surface area contributed by atoms with E-state index < -0.39 is 10.0 Å². The van der Waals surface area contributed by atoms with Crippen LogP contribution in [0.25, 0.3) is 0 Å². The van der Waals surface area contributed by atoms with Crippen molar-refractivity contribution in [3.63, 3.8) is 0 Å². The molecular formula is C19H23NO4S. The molecule has 0 aromatic heterocycles. The van der Waals surface area contributed by atoms with Crippen LogP contribution in [0, 0.1) is 0 Å². The third kappa shape index (κ3) is 3.96. The van der Waals surface area contributed by atoms with Gasteiger partial charge in [0.15, 0.2) is 11.5 Å². The Morgan fingerprint density at radius 1 is 1.04 bits per heavy atom. The van der Waals surface area contributed by atoms with Crippen molar-refractivity contribution in [1.29, 1.82) is 0 Å². The van der Waals surface area contributed by atoms with Gasteiger partial charge in [-0.05, 0) is 36.2 Å². The molecule has 6 heteroatoms. The monoisotopic (exact) mass is 361 g/mol. The van der Waals surface area contributed by atoms with Crippen molar-refractivity contribution >= 4 is 15.7 Å². The summed E-state index contributed by atoms with van der Waals surface area (Å²) >= 11 is 0. The molecule has 134 valence electrons. The Kier molecular flexibility index (Phi) is 6.09. The van der Waals surface area contributed by atoms with E-state index in [4.69, 9.17) is 9.47 Å². The SMILES string of the molecule is C=CCN(c1ccc(CC)cc1)S(=O)(=O)c1ccc(OC)c(OC)c1. The van der Waals surface area contributed by atoms with Gasteiger partial charge in [-0.1, -0.05) is 25.1 Å². The van der Waals surface area contributed by atoms with Gasteiger partial charge in [-0.3, -0.25) is 4.31 Å². The van der Waals surface area contributed by atoms with Crippen molar-refractivity contribution in [3.05, 3.63) is 60.7 Å². The second-order valence-electron chi connectivity index (χ2n) is 5.36. The second kappa shape index (κ2) is 8.07. The number of rotatable bonds is 8. The highest BCUT2D eigenvalue weighted by Crippen LogP contribution is 2.32. The topological polar surface area (TPSA) is 55.8 Å². The number of hydrogen-bond donors (Lipinski definition) is 0. The summed E-state index contributed by atoms with van der Waals surface area (Å²) < 4.78 is 38.0. The van der Waals surface area contributed by atoms with Gasteiger partial charge >= 0.3 is 0 Å². The van der Waals surface area contributed by atoms with E-state index in [0.717, 1.165) is 12.0 Å². The smallest absolute Gasteiger partial charge is 0.264 e. The van der Waals surface area contributed by atoms with E-state index in [1.807, 2.05) is 12.1 Å². The van der Waals surface area contributed by atoms with E-state index in [-0.39, 0.29) is 11.4 Å². The summed E-state index contributed by atoms with van der Waals surface area (Å²) in [4.78, 5) is 0.131. The van der Waals surface area contributed by atoms with Gasteiger partial charge in [0.25, 0.3) is 10.0 Å². The number of aryl methyl sites for hydroxylation is 1. The molecule has 2 aromatic carbocycles. The summed E-state index contributed by atoms with van der Waals surface area (Å²) in [5.41, 5.74) is 1.73. The number of methoxy groups -OCH3 is 2. The van der Waals surface area contributed by atoms with Crippen LogP contribution in [0.3, 0.4) is 0 Å². The minimum absolute atomic E-state index is 0.131. The van der Waals surface area contributed by atoms with E-state index >= 15 is 0 Å². The van der Waals surface area contributed by atoms with Crippen molar-refractivity contribution in [2.45, 2.75) is 18.2 Å². The van der Waals surface area contributed by atoms with Crippen LogP contribution in [0.5, 0.6) is 11.5 Å². The summed E-state index contributed by atoms with van der Waals surface area (Å²) in [6.45, 7) is 5.90. The molecule has 0 saturated heterocycles. The quantitative estimate of drug-likeness (QED) is 0.674. The molecular weight excluding hydrogens is 338 g/mol. The fourth-order valence-electron chi connectivity index (χ4n) is 2.46. The predicted octanol–water partition coefficient (Wildman–Crippen LogP) is 3.65. The summed E-state index contributed by atoms with van der Waals surface area (Å²) in [7, 11) is -0.790. The van der Waals surface area contributed by atoms with Crippen molar-refractivity contribution in [3.8, 4) is 11.5 Å². The first-order chi connectivity index (χ1) is 12.0. The van der Waals surface area contributed by atoms with Crippen LogP contribution < -0.4 is 13.8 Å². The zero-order valence-electron chi connectivity index (χ0n) is 14.7. The van der Waals surface area contributed by atoms with Crippen molar-refractivity contribution in [1.82, 2.24) is 0 Å². The average Bonchev–Trinajstić information content (AvgIpc) is 2.65. The van der Waals surface area contributed by atoms with Gasteiger partial charge in [-0.2, -0.15) is 0 Å². The van der Waals surface area contributed by atoms with Crippen molar-refractivity contribution in [2.75, 3.05) is 25.1 Å². The van der Waals surface area contributed by atoms with Crippen LogP contribution in [0.15, 0.2) is 60.0 Å². The van der Waals surface area contributed by atoms with Gasteiger partial charge in [-0.25, -0.2) is 8.42 Å². The third-order valence-corrected chi connectivity index (χ3v) is 5.66. The lowest BCUT2D eigenvalue weighted by molar-refractivity contribution is 0.354. The minimum Gasteiger partial charge on any atom is -0.493 e. The maximum absolute atomic E-state index is 13.1. The zero-order valence-corrected chi connectivity index (χ0v) is 15.5. The van der Waals surface area contributed by atoms with Gasteiger partial charge in [0.05, 0.1) is 31.3 Å². The second-order valence-corrected chi connectivity index (χ2v) is 7.22. The maximum Gasteiger partial charge on any atom is 0.264 e. The first-order valence-corrected chi connectivity index (χ1v) is 9.36. The molecule has 25 heavy (non-hydrogen) atoms. The molecule has 0 unspecified atom stereocenters. The minimum atomic E-state index is -3.77. The largest absolute Gasteiger partial charge is 0.493 e. The van der Waals surface area contributed by atoms with Gasteiger partial charge in [0, 0.05) is 6.07 Å². The summed E-state index contributed by atoms with van der Waals surface area (Å²) in [6, 6.07) is 12.0. The molecule has 0 fully saturated rings. The number of nitrogens with zero attached hydrogens (tertiary/aromatic N) is 1. The number of ether oxygens (including phenoxy) is 2. The molecule has 0 heterocycles. The molecule has 5 nitrogen and oxygen atoms in total. The highest BCUT2D eigenvalue weighted by molar-refractivity contribution is 7.92. The zero-order chi connectivity index (χ0) is 18.4. The number of sulfonamides is 1. The molecule has 0 aliphatic rings. The molecule has 0 aliphatic carbocycles. The summed E-state index contributed by atoms with van der Waals surface area (Å²) in [5.74, 6) is 0.840. The molecule has 0 saturated carbocycles. The Balaban J connectivity index is 2.50. The summed E-state index contributed by atoms with van der Waals surface area (Å²) in [6.07, 6.45) is 2.45. The molecule has 2 rings (SSSR count). The van der Waals surface area contributed by atoms with Crippen molar-refractivity contribution < 1.29 is 17.9 Å². The van der Waals surface area contributed by atoms with E-state index in [2.05, 4.69) is 13.5 Å². The Morgan fingerprint density at radius 3 is 2.20 bits per heavy atom. The first-order valence-electron chi connectivity index (χ1n) is 7.92. The van der Waals surface area contributed by atoms with Crippen LogP contribution in [0.4, 0.5) is 5.69 Å². The molecule has 0 aliphatic heterocycles. The highest BCUT2D eigenvalue weighted by atomic mass is 32.2. The van der Waals surface area contributed by atoms with E-state index in [9.17, 15) is 8.42 Å². The molecule has 0 amide bonds. The lowest BCUT2D eigenvalue weighted by Crippen LogP contribution is -2.31. The Bertz CT molecular complexity index is 829. The fourth-order valence-corrected chi connectivity index (χ4v) is 3.91. The number of hydrogen-bond acceptors (Lipinski definition) is 4. The number of anilines is 1. The molecule has 0 atom stereocenters. The van der Waals surface area contributed by atoms with Gasteiger partial charge in [0.1, 0.15) is 0 Å². The predicted molar refractivity (Wildman–Crippen MR) is 100 cm³/mol. The lowest BCUT2D eigenvalue weighted by Gasteiger charge is -2.24. The van der Waals surface area contributed by atoms with Crippen LogP contribution >= 0.6 is 0 Å². The molecule has 0 N–H and O–H groups in total. The van der Waals surface area contributed by atoms with Crippen molar-refractivity contribution in [2.24, 2.45) is 0 Å². The van der Waals surface area contributed by atoms with Crippen LogP contribution in [0.2, 0.25) is 0 Å². The first kappa shape index (κ1) is 18.9. The fraction of sp³-hybridized carbons (Fsp3) is 0.263. The Morgan fingerprint density at radius 2 is 1.68 bits per heavy atom. The highest BCUT2D eigenvalue weighted by Gasteiger charge is 2.25. The van der Waals surface area contributed by atoms with E-state index in [1.54, 1.807) is 24.3 Å². The van der Waals surface area contributed by atoms with Crippen LogP contribution in [-0.4, -0.2) is 29.2 Å². The molecule has 0 radical (unpaired) electrons. The van der Waals surface area contributed by atoms with E-state index in [1.165, 1.54) is 30.7 Å². The van der Waals surface area contributed by atoms with E-state index in [0.29, 0.717) is 17.2 Å². The third-order valence-electron chi connectivity index (χ3n) is 3.87. The summed E-state index contributed by atoms with van der Waals surface area (Å²) in [5, 5.41) is 0. The van der Waals surface area contributed by atoms with Gasteiger partial charge in [0.2, 0.25) is 0 Å². The normalized spacial score (nSPS) is 11.0. The lowest BCUT2D eigenvalue weighted by atomic mass is 10.1. The maximum atomic E-state index is 13.1.